The zero-order valence-corrected chi connectivity index (χ0v) is 7.22. The lowest BCUT2D eigenvalue weighted by Gasteiger charge is -2.26. The van der Waals surface area contributed by atoms with E-state index in [0.29, 0.717) is 25.7 Å². The summed E-state index contributed by atoms with van der Waals surface area (Å²) in [7, 11) is 0. The minimum Gasteiger partial charge on any atom is -0.300 e. The average molecular weight is 176 g/mol. The number of carbonyl (C=O) groups excluding carboxylic acids is 1. The quantitative estimate of drug-likeness (QED) is 0.632. The van der Waals surface area contributed by atoms with Crippen molar-refractivity contribution in [3.8, 4) is 0 Å². The molecule has 0 aliphatic heterocycles. The lowest BCUT2D eigenvalue weighted by Crippen LogP contribution is -2.23. The van der Waals surface area contributed by atoms with Crippen molar-refractivity contribution in [3.63, 3.8) is 0 Å². The predicted molar refractivity (Wildman–Crippen MR) is 42.1 cm³/mol. The fraction of sp³-hybridized carbons (Fsp3) is 0.889. The van der Waals surface area contributed by atoms with Crippen LogP contribution in [0.1, 0.15) is 32.6 Å². The van der Waals surface area contributed by atoms with Crippen LogP contribution in [-0.4, -0.2) is 12.2 Å². The predicted octanol–water partition coefficient (Wildman–Crippen LogP) is 2.65. The summed E-state index contributed by atoms with van der Waals surface area (Å²) in [6.45, 7) is 1.55. The van der Waals surface area contributed by atoms with Crippen LogP contribution in [0.15, 0.2) is 0 Å². The number of hydrogen-bond acceptors (Lipinski definition) is 1. The van der Waals surface area contributed by atoms with Crippen LogP contribution in [0.3, 0.4) is 0 Å². The van der Waals surface area contributed by atoms with Crippen LogP contribution in [0.25, 0.3) is 0 Å². The largest absolute Gasteiger partial charge is 0.300 e. The zero-order valence-electron chi connectivity index (χ0n) is 7.22. The maximum atomic E-state index is 12.2. The third kappa shape index (κ3) is 2.26. The van der Waals surface area contributed by atoms with Crippen LogP contribution < -0.4 is 0 Å². The first kappa shape index (κ1) is 9.62. The average Bonchev–Trinajstić information content (AvgIpc) is 2.04. The van der Waals surface area contributed by atoms with E-state index < -0.39 is 12.3 Å². The Kier molecular flexibility index (Phi) is 3.18. The van der Waals surface area contributed by atoms with E-state index in [2.05, 4.69) is 0 Å². The van der Waals surface area contributed by atoms with E-state index >= 15 is 0 Å². The van der Waals surface area contributed by atoms with E-state index in [9.17, 15) is 13.6 Å². The molecular formula is C9H14F2O. The molecule has 0 atom stereocenters. The van der Waals surface area contributed by atoms with E-state index in [1.165, 1.54) is 0 Å². The van der Waals surface area contributed by atoms with Crippen LogP contribution >= 0.6 is 0 Å². The number of rotatable bonds is 2. The van der Waals surface area contributed by atoms with Crippen molar-refractivity contribution in [3.05, 3.63) is 0 Å². The third-order valence-corrected chi connectivity index (χ3v) is 2.70. The Balaban J connectivity index is 2.34. The first-order valence-corrected chi connectivity index (χ1v) is 4.40. The summed E-state index contributed by atoms with van der Waals surface area (Å²) in [6.07, 6.45) is 0.149. The highest BCUT2D eigenvalue weighted by molar-refractivity contribution is 5.78. The van der Waals surface area contributed by atoms with Crippen molar-refractivity contribution in [2.45, 2.75) is 39.0 Å². The molecule has 0 heterocycles. The number of ketones is 1. The lowest BCUT2D eigenvalue weighted by atomic mass is 9.80. The van der Waals surface area contributed by atoms with Crippen molar-refractivity contribution < 1.29 is 13.6 Å². The molecule has 12 heavy (non-hydrogen) atoms. The summed E-state index contributed by atoms with van der Waals surface area (Å²) in [5, 5.41) is 0. The molecule has 0 spiro atoms. The number of carbonyl (C=O) groups is 1. The van der Waals surface area contributed by atoms with Crippen molar-refractivity contribution in [2.24, 2.45) is 11.8 Å². The highest BCUT2D eigenvalue weighted by Gasteiger charge is 2.28. The molecule has 70 valence electrons. The standard InChI is InChI=1S/C9H14F2O/c1-6(12)7-2-4-8(5-3-7)9(10)11/h7-9H,2-5H2,1H3. The Hall–Kier alpha value is -0.470. The second-order valence-electron chi connectivity index (χ2n) is 3.56. The van der Waals surface area contributed by atoms with Gasteiger partial charge in [-0.05, 0) is 32.6 Å². The molecule has 1 fully saturated rings. The number of alkyl halides is 2. The van der Waals surface area contributed by atoms with Gasteiger partial charge in [0.2, 0.25) is 6.43 Å². The Labute approximate surface area is 71.1 Å². The van der Waals surface area contributed by atoms with E-state index in [0.717, 1.165) is 0 Å². The third-order valence-electron chi connectivity index (χ3n) is 2.70. The van der Waals surface area contributed by atoms with Crippen molar-refractivity contribution in [1.29, 1.82) is 0 Å². The molecule has 1 aliphatic rings. The monoisotopic (exact) mass is 176 g/mol. The normalized spacial score (nSPS) is 30.7. The van der Waals surface area contributed by atoms with E-state index in [1.54, 1.807) is 6.92 Å². The van der Waals surface area contributed by atoms with Crippen LogP contribution in [0.4, 0.5) is 8.78 Å². The molecule has 0 radical (unpaired) electrons. The molecule has 1 nitrogen and oxygen atoms in total. The smallest absolute Gasteiger partial charge is 0.241 e. The van der Waals surface area contributed by atoms with Crippen LogP contribution in [-0.2, 0) is 4.79 Å². The van der Waals surface area contributed by atoms with Crippen LogP contribution in [0.2, 0.25) is 0 Å². The zero-order chi connectivity index (χ0) is 9.14. The van der Waals surface area contributed by atoms with Gasteiger partial charge >= 0.3 is 0 Å². The summed E-state index contributed by atoms with van der Waals surface area (Å²) in [5.74, 6) is -0.247. The Bertz CT molecular complexity index is 160. The SMILES string of the molecule is CC(=O)C1CCC(C(F)F)CC1. The van der Waals surface area contributed by atoms with Gasteiger partial charge < -0.3 is 0 Å². The lowest BCUT2D eigenvalue weighted by molar-refractivity contribution is -0.122. The maximum absolute atomic E-state index is 12.2. The summed E-state index contributed by atoms with van der Waals surface area (Å²) >= 11 is 0. The van der Waals surface area contributed by atoms with Gasteiger partial charge in [0.15, 0.2) is 0 Å². The fourth-order valence-corrected chi connectivity index (χ4v) is 1.78. The topological polar surface area (TPSA) is 17.1 Å². The van der Waals surface area contributed by atoms with E-state index in [-0.39, 0.29) is 11.7 Å². The number of hydrogen-bond donors (Lipinski definition) is 0. The van der Waals surface area contributed by atoms with Gasteiger partial charge in [0.05, 0.1) is 0 Å². The molecule has 1 rings (SSSR count). The molecule has 0 saturated heterocycles. The molecular weight excluding hydrogens is 162 g/mol. The van der Waals surface area contributed by atoms with Crippen LogP contribution in [0.5, 0.6) is 0 Å². The van der Waals surface area contributed by atoms with Crippen molar-refractivity contribution in [2.75, 3.05) is 0 Å². The molecule has 0 bridgehead atoms. The Morgan fingerprint density at radius 2 is 1.75 bits per heavy atom. The first-order chi connectivity index (χ1) is 5.61. The second kappa shape index (κ2) is 3.97. The van der Waals surface area contributed by atoms with Gasteiger partial charge in [0.1, 0.15) is 5.78 Å². The Morgan fingerprint density at radius 3 is 2.08 bits per heavy atom. The van der Waals surface area contributed by atoms with Gasteiger partial charge in [-0.1, -0.05) is 0 Å². The molecule has 0 aromatic heterocycles. The maximum Gasteiger partial charge on any atom is 0.241 e. The first-order valence-electron chi connectivity index (χ1n) is 4.40. The minimum atomic E-state index is -2.20. The molecule has 0 unspecified atom stereocenters. The summed E-state index contributed by atoms with van der Waals surface area (Å²) in [5.41, 5.74) is 0. The number of Topliss-reactive ketones (excluding diaryl/α,β-unsaturated/α-hetero) is 1. The molecule has 0 N–H and O–H groups in total. The minimum absolute atomic E-state index is 0.0556. The molecule has 3 heteroatoms. The highest BCUT2D eigenvalue weighted by atomic mass is 19.3. The summed E-state index contributed by atoms with van der Waals surface area (Å²) in [6, 6.07) is 0. The highest BCUT2D eigenvalue weighted by Crippen LogP contribution is 2.32. The van der Waals surface area contributed by atoms with Gasteiger partial charge in [-0.3, -0.25) is 4.79 Å². The second-order valence-corrected chi connectivity index (χ2v) is 3.56. The molecule has 0 amide bonds. The van der Waals surface area contributed by atoms with Gasteiger partial charge in [0, 0.05) is 11.8 Å². The summed E-state index contributed by atoms with van der Waals surface area (Å²) in [4.78, 5) is 10.9. The molecule has 1 saturated carbocycles. The fourth-order valence-electron chi connectivity index (χ4n) is 1.78. The van der Waals surface area contributed by atoms with Gasteiger partial charge in [-0.15, -0.1) is 0 Å². The molecule has 0 aromatic rings. The van der Waals surface area contributed by atoms with Gasteiger partial charge in [-0.2, -0.15) is 0 Å². The van der Waals surface area contributed by atoms with Crippen LogP contribution in [0, 0.1) is 11.8 Å². The van der Waals surface area contributed by atoms with Crippen molar-refractivity contribution >= 4 is 5.78 Å². The molecule has 0 aromatic carbocycles. The Morgan fingerprint density at radius 1 is 1.25 bits per heavy atom. The van der Waals surface area contributed by atoms with Gasteiger partial charge in [-0.25, -0.2) is 8.78 Å². The summed E-state index contributed by atoms with van der Waals surface area (Å²) < 4.78 is 24.3. The van der Waals surface area contributed by atoms with E-state index in [4.69, 9.17) is 0 Å². The van der Waals surface area contributed by atoms with Gasteiger partial charge in [0.25, 0.3) is 0 Å². The van der Waals surface area contributed by atoms with E-state index in [1.807, 2.05) is 0 Å². The van der Waals surface area contributed by atoms with Crippen molar-refractivity contribution in [1.82, 2.24) is 0 Å². The number of halogens is 2. The molecule has 1 aliphatic carbocycles.